The first-order valence-corrected chi connectivity index (χ1v) is 6.90. The predicted octanol–water partition coefficient (Wildman–Crippen LogP) is 2.13. The van der Waals surface area contributed by atoms with Gasteiger partial charge in [-0.25, -0.2) is 4.79 Å². The minimum atomic E-state index is -1.01. The Morgan fingerprint density at radius 3 is 2.45 bits per heavy atom. The van der Waals surface area contributed by atoms with Crippen LogP contribution in [0.1, 0.15) is 19.3 Å². The molecule has 1 aromatic rings. The molecule has 5 heteroatoms. The summed E-state index contributed by atoms with van der Waals surface area (Å²) in [5.41, 5.74) is 0.725. The number of carbonyl (C=O) groups is 2. The van der Waals surface area contributed by atoms with Crippen molar-refractivity contribution in [2.24, 2.45) is 17.8 Å². The molecule has 2 saturated carbocycles. The number of hydrogen-bond acceptors (Lipinski definition) is 3. The Balaban J connectivity index is 1.53. The molecular formula is C15H17NO4. The van der Waals surface area contributed by atoms with E-state index in [0.717, 1.165) is 5.69 Å². The van der Waals surface area contributed by atoms with Crippen LogP contribution >= 0.6 is 0 Å². The number of benzene rings is 1. The minimum absolute atomic E-state index is 0.110. The Bertz CT molecular complexity index is 515. The third kappa shape index (κ3) is 2.61. The minimum Gasteiger partial charge on any atom is -0.482 e. The lowest BCUT2D eigenvalue weighted by Crippen LogP contribution is -2.16. The van der Waals surface area contributed by atoms with Crippen LogP contribution in [-0.4, -0.2) is 23.6 Å². The normalized spacial score (nSPS) is 26.7. The van der Waals surface area contributed by atoms with Gasteiger partial charge < -0.3 is 15.2 Å². The van der Waals surface area contributed by atoms with Crippen molar-refractivity contribution in [1.82, 2.24) is 0 Å². The second-order valence-electron chi connectivity index (χ2n) is 5.48. The van der Waals surface area contributed by atoms with E-state index in [0.29, 0.717) is 17.6 Å². The van der Waals surface area contributed by atoms with Crippen molar-refractivity contribution in [3.63, 3.8) is 0 Å². The van der Waals surface area contributed by atoms with Crippen molar-refractivity contribution in [2.75, 3.05) is 11.9 Å². The molecule has 106 valence electrons. The number of hydrogen-bond donors (Lipinski definition) is 2. The molecule has 5 nitrogen and oxygen atoms in total. The second-order valence-corrected chi connectivity index (χ2v) is 5.48. The zero-order valence-corrected chi connectivity index (χ0v) is 11.0. The van der Waals surface area contributed by atoms with Crippen LogP contribution in [-0.2, 0) is 9.59 Å². The van der Waals surface area contributed by atoms with Crippen LogP contribution in [0.25, 0.3) is 0 Å². The highest BCUT2D eigenvalue weighted by Gasteiger charge is 2.56. The van der Waals surface area contributed by atoms with Crippen LogP contribution in [0.5, 0.6) is 5.75 Å². The van der Waals surface area contributed by atoms with Gasteiger partial charge in [0.25, 0.3) is 0 Å². The third-order valence-electron chi connectivity index (χ3n) is 4.19. The average molecular weight is 275 g/mol. The van der Waals surface area contributed by atoms with Crippen molar-refractivity contribution in [3.05, 3.63) is 24.3 Å². The van der Waals surface area contributed by atoms with Crippen molar-refractivity contribution >= 4 is 17.6 Å². The van der Waals surface area contributed by atoms with Crippen LogP contribution in [0.4, 0.5) is 5.69 Å². The highest BCUT2D eigenvalue weighted by atomic mass is 16.5. The molecule has 20 heavy (non-hydrogen) atoms. The number of ether oxygens (including phenoxy) is 1. The first kappa shape index (κ1) is 13.0. The van der Waals surface area contributed by atoms with Crippen molar-refractivity contribution < 1.29 is 19.4 Å². The van der Waals surface area contributed by atoms with Crippen LogP contribution in [0.15, 0.2) is 24.3 Å². The van der Waals surface area contributed by atoms with E-state index < -0.39 is 5.97 Å². The highest BCUT2D eigenvalue weighted by Crippen LogP contribution is 2.57. The third-order valence-corrected chi connectivity index (χ3v) is 4.19. The van der Waals surface area contributed by atoms with Crippen LogP contribution in [0, 0.1) is 17.8 Å². The molecule has 1 amide bonds. The fourth-order valence-electron chi connectivity index (χ4n) is 3.22. The van der Waals surface area contributed by atoms with E-state index in [1.807, 2.05) is 0 Å². The topological polar surface area (TPSA) is 75.6 Å². The van der Waals surface area contributed by atoms with E-state index in [-0.39, 0.29) is 18.4 Å². The number of anilines is 1. The second kappa shape index (κ2) is 5.15. The molecule has 1 aromatic carbocycles. The number of carboxylic acids is 1. The van der Waals surface area contributed by atoms with Crippen molar-refractivity contribution in [3.8, 4) is 5.75 Å². The molecule has 2 aliphatic rings. The Kier molecular flexibility index (Phi) is 3.34. The molecule has 0 aromatic heterocycles. The van der Waals surface area contributed by atoms with E-state index in [1.54, 1.807) is 24.3 Å². The summed E-state index contributed by atoms with van der Waals surface area (Å²) in [6, 6.07) is 6.78. The molecule has 2 unspecified atom stereocenters. The van der Waals surface area contributed by atoms with Crippen molar-refractivity contribution in [2.45, 2.75) is 19.3 Å². The smallest absolute Gasteiger partial charge is 0.341 e. The lowest BCUT2D eigenvalue weighted by molar-refractivity contribution is -0.139. The highest BCUT2D eigenvalue weighted by molar-refractivity contribution is 5.95. The van der Waals surface area contributed by atoms with Gasteiger partial charge in [-0.2, -0.15) is 0 Å². The molecule has 0 spiro atoms. The van der Waals surface area contributed by atoms with Gasteiger partial charge in [0, 0.05) is 11.6 Å². The fourth-order valence-corrected chi connectivity index (χ4v) is 3.22. The summed E-state index contributed by atoms with van der Waals surface area (Å²) in [5, 5.41) is 11.4. The summed E-state index contributed by atoms with van der Waals surface area (Å²) in [6.45, 7) is -0.364. The number of carbonyl (C=O) groups excluding carboxylic acids is 1. The molecule has 0 heterocycles. The van der Waals surface area contributed by atoms with Gasteiger partial charge in [-0.1, -0.05) is 6.42 Å². The van der Waals surface area contributed by atoms with E-state index in [2.05, 4.69) is 5.32 Å². The maximum absolute atomic E-state index is 12.1. The first-order chi connectivity index (χ1) is 9.65. The number of amides is 1. The fraction of sp³-hybridized carbons (Fsp3) is 0.467. The first-order valence-electron chi connectivity index (χ1n) is 6.90. The largest absolute Gasteiger partial charge is 0.482 e. The van der Waals surface area contributed by atoms with Crippen LogP contribution < -0.4 is 10.1 Å². The number of carboxylic acid groups (broad SMARTS) is 1. The van der Waals surface area contributed by atoms with Crippen LogP contribution in [0.3, 0.4) is 0 Å². The van der Waals surface area contributed by atoms with Gasteiger partial charge in [0.1, 0.15) is 5.75 Å². The molecule has 0 radical (unpaired) electrons. The SMILES string of the molecule is O=C(O)COc1ccc(NC(=O)C2C3CCCC32)cc1. The number of nitrogens with one attached hydrogen (secondary N) is 1. The lowest BCUT2D eigenvalue weighted by atomic mass is 10.1. The molecule has 2 fully saturated rings. The van der Waals surface area contributed by atoms with Gasteiger partial charge in [0.2, 0.25) is 5.91 Å². The summed E-state index contributed by atoms with van der Waals surface area (Å²) in [5.74, 6) is 0.989. The molecule has 0 aliphatic heterocycles. The van der Waals surface area contributed by atoms with Gasteiger partial charge in [-0.05, 0) is 48.9 Å². The molecule has 3 rings (SSSR count). The molecule has 2 atom stereocenters. The Morgan fingerprint density at radius 1 is 1.20 bits per heavy atom. The summed E-state index contributed by atoms with van der Waals surface area (Å²) in [7, 11) is 0. The lowest BCUT2D eigenvalue weighted by Gasteiger charge is -2.08. The van der Waals surface area contributed by atoms with Crippen LogP contribution in [0.2, 0.25) is 0 Å². The number of rotatable bonds is 5. The molecule has 0 bridgehead atoms. The summed E-state index contributed by atoms with van der Waals surface area (Å²) in [4.78, 5) is 22.4. The number of fused-ring (bicyclic) bond motifs is 1. The molecule has 0 saturated heterocycles. The monoisotopic (exact) mass is 275 g/mol. The maximum atomic E-state index is 12.1. The van der Waals surface area contributed by atoms with Gasteiger partial charge in [0.05, 0.1) is 0 Å². The zero-order chi connectivity index (χ0) is 14.1. The van der Waals surface area contributed by atoms with Crippen molar-refractivity contribution in [1.29, 1.82) is 0 Å². The quantitative estimate of drug-likeness (QED) is 0.863. The summed E-state index contributed by atoms with van der Waals surface area (Å²) in [6.07, 6.45) is 3.63. The Labute approximate surface area is 116 Å². The van der Waals surface area contributed by atoms with E-state index in [4.69, 9.17) is 9.84 Å². The van der Waals surface area contributed by atoms with Gasteiger partial charge in [0.15, 0.2) is 6.61 Å². The van der Waals surface area contributed by atoms with Gasteiger partial charge >= 0.3 is 5.97 Å². The Hall–Kier alpha value is -2.04. The number of aliphatic carboxylic acids is 1. The standard InChI is InChI=1S/C15H17NO4/c17-13(18)8-20-10-6-4-9(5-7-10)16-15(19)14-11-2-1-3-12(11)14/h4-7,11-12,14H,1-3,8H2,(H,16,19)(H,17,18). The van der Waals surface area contributed by atoms with Gasteiger partial charge in [-0.15, -0.1) is 0 Å². The summed E-state index contributed by atoms with van der Waals surface area (Å²) >= 11 is 0. The zero-order valence-electron chi connectivity index (χ0n) is 11.0. The van der Waals surface area contributed by atoms with Gasteiger partial charge in [-0.3, -0.25) is 4.79 Å². The molecular weight excluding hydrogens is 258 g/mol. The Morgan fingerprint density at radius 2 is 1.85 bits per heavy atom. The molecule has 2 aliphatic carbocycles. The van der Waals surface area contributed by atoms with E-state index in [9.17, 15) is 9.59 Å². The maximum Gasteiger partial charge on any atom is 0.341 e. The molecule has 2 N–H and O–H groups in total. The van der Waals surface area contributed by atoms with E-state index in [1.165, 1.54) is 19.3 Å². The summed E-state index contributed by atoms with van der Waals surface area (Å²) < 4.78 is 5.04. The average Bonchev–Trinajstić information content (AvgIpc) is 2.92. The van der Waals surface area contributed by atoms with E-state index >= 15 is 0 Å². The predicted molar refractivity (Wildman–Crippen MR) is 72.5 cm³/mol.